The molecule has 0 saturated carbocycles. The Hall–Kier alpha value is -2.01. The van der Waals surface area contributed by atoms with Gasteiger partial charge < -0.3 is 9.84 Å². The number of carbonyl (C=O) groups is 1. The summed E-state index contributed by atoms with van der Waals surface area (Å²) in [6, 6.07) is 7.62. The van der Waals surface area contributed by atoms with E-state index in [4.69, 9.17) is 4.74 Å². The molecule has 1 aromatic carbocycles. The largest absolute Gasteiger partial charge is 0.508 e. The number of nitrogens with zero attached hydrogens (tertiary/aromatic N) is 1. The number of fused-ring (bicyclic) bond motifs is 1. The van der Waals surface area contributed by atoms with E-state index in [1.54, 1.807) is 23.5 Å². The fraction of sp³-hybridized carbons (Fsp3) is 0.450. The Morgan fingerprint density at radius 2 is 2.00 bits per heavy atom. The van der Waals surface area contributed by atoms with Crippen LogP contribution in [0.2, 0.25) is 0 Å². The Morgan fingerprint density at radius 3 is 2.64 bits per heavy atom. The van der Waals surface area contributed by atoms with E-state index in [0.29, 0.717) is 0 Å². The molecule has 5 heteroatoms. The van der Waals surface area contributed by atoms with Crippen LogP contribution in [0, 0.1) is 0 Å². The molecule has 134 valence electrons. The molecule has 1 aromatic heterocycles. The fourth-order valence-corrected chi connectivity index (χ4v) is 4.37. The number of carbonyl (C=O) groups excluding carboxylic acids is 1. The topological polar surface area (TPSA) is 49.8 Å². The summed E-state index contributed by atoms with van der Waals surface area (Å²) in [6.07, 6.45) is 2.68. The molecule has 0 spiro atoms. The van der Waals surface area contributed by atoms with Crippen molar-refractivity contribution in [2.45, 2.75) is 58.7 Å². The van der Waals surface area contributed by atoms with Crippen LogP contribution in [0.5, 0.6) is 5.75 Å². The molecule has 0 bridgehead atoms. The third-order valence-corrected chi connectivity index (χ3v) is 5.48. The Labute approximate surface area is 152 Å². The molecular weight excluding hydrogens is 334 g/mol. The lowest BCUT2D eigenvalue weighted by atomic mass is 9.96. The van der Waals surface area contributed by atoms with Crippen molar-refractivity contribution >= 4 is 33.1 Å². The maximum absolute atomic E-state index is 12.5. The van der Waals surface area contributed by atoms with Crippen molar-refractivity contribution in [3.05, 3.63) is 35.2 Å². The predicted octanol–water partition coefficient (Wildman–Crippen LogP) is 5.41. The number of thiophene rings is 1. The second-order valence-electron chi connectivity index (χ2n) is 7.71. The quantitative estimate of drug-likeness (QED) is 0.741. The standard InChI is InChI=1S/C20H25NO3S/c1-12-8-14(9-13(2)21(12)19(23)24-20(3,4)5)18-11-15-10-16(22)6-7-17(15)25-18/h6-8,10-13,22H,9H2,1-5H3. The first-order valence-electron chi connectivity index (χ1n) is 8.59. The summed E-state index contributed by atoms with van der Waals surface area (Å²) >= 11 is 1.72. The zero-order valence-electron chi connectivity index (χ0n) is 15.4. The van der Waals surface area contributed by atoms with Gasteiger partial charge in [0.2, 0.25) is 0 Å². The highest BCUT2D eigenvalue weighted by molar-refractivity contribution is 7.20. The Balaban J connectivity index is 1.87. The predicted molar refractivity (Wildman–Crippen MR) is 103 cm³/mol. The van der Waals surface area contributed by atoms with Crippen LogP contribution in [-0.4, -0.2) is 33.8 Å². The minimum Gasteiger partial charge on any atom is -0.508 e. The average Bonchev–Trinajstić information content (AvgIpc) is 2.87. The van der Waals surface area contributed by atoms with E-state index in [1.165, 1.54) is 10.5 Å². The lowest BCUT2D eigenvalue weighted by molar-refractivity contribution is 0.0123. The molecule has 2 aromatic rings. The van der Waals surface area contributed by atoms with Gasteiger partial charge in [0.1, 0.15) is 11.4 Å². The molecule has 25 heavy (non-hydrogen) atoms. The number of aromatic hydroxyl groups is 1. The Kier molecular flexibility index (Phi) is 4.54. The third-order valence-electron chi connectivity index (χ3n) is 4.29. The van der Waals surface area contributed by atoms with Crippen molar-refractivity contribution in [3.63, 3.8) is 0 Å². The maximum Gasteiger partial charge on any atom is 0.411 e. The van der Waals surface area contributed by atoms with Gasteiger partial charge in [0.05, 0.1) is 6.04 Å². The molecule has 1 amide bonds. The van der Waals surface area contributed by atoms with Crippen LogP contribution in [0.3, 0.4) is 0 Å². The highest BCUT2D eigenvalue weighted by Crippen LogP contribution is 2.37. The van der Waals surface area contributed by atoms with Gasteiger partial charge >= 0.3 is 6.09 Å². The normalized spacial score (nSPS) is 21.3. The molecule has 0 radical (unpaired) electrons. The van der Waals surface area contributed by atoms with Crippen LogP contribution in [0.15, 0.2) is 30.3 Å². The van der Waals surface area contributed by atoms with E-state index in [1.807, 2.05) is 38.7 Å². The first kappa shape index (κ1) is 17.8. The summed E-state index contributed by atoms with van der Waals surface area (Å²) in [5.74, 6) is 0.285. The smallest absolute Gasteiger partial charge is 0.411 e. The number of hydrogen-bond donors (Lipinski definition) is 1. The van der Waals surface area contributed by atoms with Gasteiger partial charge in [-0.1, -0.05) is 6.08 Å². The Bertz CT molecular complexity index is 831. The number of rotatable bonds is 1. The van der Waals surface area contributed by atoms with Crippen LogP contribution in [-0.2, 0) is 4.74 Å². The number of ether oxygens (including phenoxy) is 1. The van der Waals surface area contributed by atoms with E-state index in [0.717, 1.165) is 16.5 Å². The van der Waals surface area contributed by atoms with Crippen molar-refractivity contribution in [2.24, 2.45) is 0 Å². The summed E-state index contributed by atoms with van der Waals surface area (Å²) in [4.78, 5) is 15.5. The lowest BCUT2D eigenvalue weighted by Gasteiger charge is -2.38. The van der Waals surface area contributed by atoms with Crippen molar-refractivity contribution in [1.82, 2.24) is 4.90 Å². The van der Waals surface area contributed by atoms with E-state index in [-0.39, 0.29) is 23.9 Å². The van der Waals surface area contributed by atoms with E-state index >= 15 is 0 Å². The van der Waals surface area contributed by atoms with E-state index in [2.05, 4.69) is 19.1 Å². The zero-order valence-corrected chi connectivity index (χ0v) is 16.2. The van der Waals surface area contributed by atoms with Gasteiger partial charge in [-0.3, -0.25) is 4.90 Å². The molecule has 1 aliphatic heterocycles. The van der Waals surface area contributed by atoms with Crippen LogP contribution in [0.1, 0.15) is 45.9 Å². The highest BCUT2D eigenvalue weighted by atomic mass is 32.1. The van der Waals surface area contributed by atoms with Crippen LogP contribution in [0.4, 0.5) is 4.79 Å². The summed E-state index contributed by atoms with van der Waals surface area (Å²) in [5.41, 5.74) is 0.758. The van der Waals surface area contributed by atoms with Gasteiger partial charge in [-0.05, 0) is 76.3 Å². The summed E-state index contributed by atoms with van der Waals surface area (Å²) < 4.78 is 6.71. The first-order chi connectivity index (χ1) is 11.6. The molecule has 2 atom stereocenters. The molecule has 0 fully saturated rings. The molecule has 2 unspecified atom stereocenters. The monoisotopic (exact) mass is 359 g/mol. The molecule has 4 nitrogen and oxygen atoms in total. The molecule has 1 aliphatic rings. The van der Waals surface area contributed by atoms with Crippen molar-refractivity contribution in [2.75, 3.05) is 0 Å². The summed E-state index contributed by atoms with van der Waals surface area (Å²) in [5, 5.41) is 10.7. The summed E-state index contributed by atoms with van der Waals surface area (Å²) in [7, 11) is 0. The fourth-order valence-electron chi connectivity index (χ4n) is 3.29. The summed E-state index contributed by atoms with van der Waals surface area (Å²) in [6.45, 7) is 9.75. The van der Waals surface area contributed by atoms with Crippen LogP contribution in [0.25, 0.3) is 15.7 Å². The second kappa shape index (κ2) is 6.37. The van der Waals surface area contributed by atoms with Crippen molar-refractivity contribution in [3.8, 4) is 5.75 Å². The minimum absolute atomic E-state index is 0.0211. The van der Waals surface area contributed by atoms with E-state index in [9.17, 15) is 9.90 Å². The lowest BCUT2D eigenvalue weighted by Crippen LogP contribution is -2.48. The van der Waals surface area contributed by atoms with E-state index < -0.39 is 5.60 Å². The molecule has 0 aliphatic carbocycles. The number of amides is 1. The van der Waals surface area contributed by atoms with Gasteiger partial charge in [0.25, 0.3) is 0 Å². The number of phenols is 1. The molecule has 0 saturated heterocycles. The van der Waals surface area contributed by atoms with Crippen molar-refractivity contribution < 1.29 is 14.6 Å². The SMILES string of the molecule is CC1C=C(c2cc3cc(O)ccc3s2)CC(C)N1C(=O)OC(C)(C)C. The van der Waals surface area contributed by atoms with Gasteiger partial charge in [-0.25, -0.2) is 4.79 Å². The molecule has 2 heterocycles. The van der Waals surface area contributed by atoms with Gasteiger partial charge in [-0.2, -0.15) is 0 Å². The first-order valence-corrected chi connectivity index (χ1v) is 9.40. The van der Waals surface area contributed by atoms with Gasteiger partial charge in [0, 0.05) is 15.6 Å². The highest BCUT2D eigenvalue weighted by Gasteiger charge is 2.33. The molecular formula is C20H25NO3S. The number of hydrogen-bond acceptors (Lipinski definition) is 4. The van der Waals surface area contributed by atoms with Crippen LogP contribution >= 0.6 is 11.3 Å². The van der Waals surface area contributed by atoms with Crippen LogP contribution < -0.4 is 0 Å². The maximum atomic E-state index is 12.5. The number of benzene rings is 1. The zero-order chi connectivity index (χ0) is 18.4. The second-order valence-corrected chi connectivity index (χ2v) is 8.79. The minimum atomic E-state index is -0.492. The Morgan fingerprint density at radius 1 is 1.28 bits per heavy atom. The number of phenolic OH excluding ortho intramolecular Hbond substituents is 1. The van der Waals surface area contributed by atoms with Gasteiger partial charge in [0.15, 0.2) is 0 Å². The third kappa shape index (κ3) is 3.82. The van der Waals surface area contributed by atoms with Gasteiger partial charge in [-0.15, -0.1) is 11.3 Å². The average molecular weight is 359 g/mol. The molecule has 3 rings (SSSR count). The molecule has 1 N–H and O–H groups in total. The van der Waals surface area contributed by atoms with Crippen molar-refractivity contribution in [1.29, 1.82) is 0 Å².